The maximum atomic E-state index is 3.67. The van der Waals surface area contributed by atoms with Crippen LogP contribution in [0.5, 0.6) is 0 Å². The number of piperidine rings is 1. The van der Waals surface area contributed by atoms with Gasteiger partial charge in [-0.15, -0.1) is 0 Å². The van der Waals surface area contributed by atoms with Gasteiger partial charge in [0.05, 0.1) is 0 Å². The maximum absolute atomic E-state index is 3.67. The van der Waals surface area contributed by atoms with E-state index in [1.807, 2.05) is 0 Å². The second kappa shape index (κ2) is 6.93. The summed E-state index contributed by atoms with van der Waals surface area (Å²) in [5, 5.41) is 3.67. The average Bonchev–Trinajstić information content (AvgIpc) is 2.75. The minimum atomic E-state index is 0.678. The number of hydrogen-bond acceptors (Lipinski definition) is 2. The van der Waals surface area contributed by atoms with E-state index < -0.39 is 0 Å². The minimum absolute atomic E-state index is 0.678. The van der Waals surface area contributed by atoms with Crippen molar-refractivity contribution in [3.63, 3.8) is 0 Å². The summed E-state index contributed by atoms with van der Waals surface area (Å²) < 4.78 is 0. The van der Waals surface area contributed by atoms with Crippen LogP contribution in [0.2, 0.25) is 0 Å². The maximum Gasteiger partial charge on any atom is 0.0114 e. The smallest absolute Gasteiger partial charge is 0.0114 e. The highest BCUT2D eigenvalue weighted by molar-refractivity contribution is 5.18. The first-order chi connectivity index (χ1) is 10.3. The molecule has 0 aromatic heterocycles. The lowest BCUT2D eigenvalue weighted by Crippen LogP contribution is -2.49. The van der Waals surface area contributed by atoms with E-state index in [0.717, 1.165) is 24.7 Å². The van der Waals surface area contributed by atoms with Crippen LogP contribution in [-0.4, -0.2) is 36.1 Å². The van der Waals surface area contributed by atoms with Crippen LogP contribution in [0.15, 0.2) is 30.3 Å². The zero-order valence-corrected chi connectivity index (χ0v) is 13.6. The molecule has 0 radical (unpaired) electrons. The first-order valence-corrected chi connectivity index (χ1v) is 8.82. The van der Waals surface area contributed by atoms with Crippen LogP contribution in [0, 0.1) is 0 Å². The number of hydrogen-bond donors (Lipinski definition) is 1. The summed E-state index contributed by atoms with van der Waals surface area (Å²) in [6.45, 7) is 7.01. The summed E-state index contributed by atoms with van der Waals surface area (Å²) in [6.07, 6.45) is 6.87. The van der Waals surface area contributed by atoms with Crippen LogP contribution in [0.3, 0.4) is 0 Å². The molecule has 0 saturated carbocycles. The Bertz CT molecular complexity index is 416. The number of nitrogens with one attached hydrogen (secondary N) is 1. The Labute approximate surface area is 129 Å². The molecule has 2 nitrogen and oxygen atoms in total. The van der Waals surface area contributed by atoms with Gasteiger partial charge in [-0.05, 0) is 56.7 Å². The molecule has 1 N–H and O–H groups in total. The minimum Gasteiger partial charge on any atom is -0.314 e. The number of rotatable bonds is 6. The molecular formula is C19H30N2. The van der Waals surface area contributed by atoms with E-state index in [9.17, 15) is 0 Å². The second-order valence-electron chi connectivity index (χ2n) is 6.95. The third kappa shape index (κ3) is 3.49. The first-order valence-electron chi connectivity index (χ1n) is 8.82. The fourth-order valence-electron chi connectivity index (χ4n) is 4.39. The van der Waals surface area contributed by atoms with Gasteiger partial charge in [0.25, 0.3) is 0 Å². The number of benzene rings is 1. The summed E-state index contributed by atoms with van der Waals surface area (Å²) in [7, 11) is 0. The van der Waals surface area contributed by atoms with Gasteiger partial charge in [0.15, 0.2) is 0 Å². The van der Waals surface area contributed by atoms with Crippen molar-refractivity contribution < 1.29 is 0 Å². The van der Waals surface area contributed by atoms with Crippen molar-refractivity contribution >= 4 is 0 Å². The summed E-state index contributed by atoms with van der Waals surface area (Å²) in [6, 6.07) is 13.5. The van der Waals surface area contributed by atoms with Crippen molar-refractivity contribution in [2.75, 3.05) is 13.1 Å². The van der Waals surface area contributed by atoms with Gasteiger partial charge in [-0.2, -0.15) is 0 Å². The molecule has 3 rings (SSSR count). The van der Waals surface area contributed by atoms with E-state index in [1.54, 1.807) is 0 Å². The lowest BCUT2D eigenvalue weighted by Gasteiger charge is -2.39. The van der Waals surface area contributed by atoms with Gasteiger partial charge in [-0.3, -0.25) is 4.90 Å². The molecule has 2 saturated heterocycles. The van der Waals surface area contributed by atoms with Crippen molar-refractivity contribution in [2.45, 2.75) is 70.0 Å². The molecule has 2 fully saturated rings. The quantitative estimate of drug-likeness (QED) is 0.856. The number of fused-ring (bicyclic) bond motifs is 2. The van der Waals surface area contributed by atoms with Crippen LogP contribution in [0.25, 0.3) is 0 Å². The van der Waals surface area contributed by atoms with E-state index in [0.29, 0.717) is 5.92 Å². The third-order valence-corrected chi connectivity index (χ3v) is 5.57. The lowest BCUT2D eigenvalue weighted by atomic mass is 9.94. The first kappa shape index (κ1) is 15.1. The Morgan fingerprint density at radius 1 is 1.14 bits per heavy atom. The topological polar surface area (TPSA) is 15.3 Å². The summed E-state index contributed by atoms with van der Waals surface area (Å²) in [4.78, 5) is 2.83. The van der Waals surface area contributed by atoms with Crippen LogP contribution >= 0.6 is 0 Å². The van der Waals surface area contributed by atoms with Crippen molar-refractivity contribution in [2.24, 2.45) is 0 Å². The zero-order chi connectivity index (χ0) is 14.7. The monoisotopic (exact) mass is 286 g/mol. The lowest BCUT2D eigenvalue weighted by molar-refractivity contribution is 0.114. The molecule has 2 bridgehead atoms. The van der Waals surface area contributed by atoms with Gasteiger partial charge in [0, 0.05) is 18.1 Å². The molecule has 3 unspecified atom stereocenters. The third-order valence-electron chi connectivity index (χ3n) is 5.57. The van der Waals surface area contributed by atoms with E-state index in [4.69, 9.17) is 0 Å². The molecule has 3 atom stereocenters. The molecule has 2 heterocycles. The standard InChI is InChI=1S/C19H30N2/c1-3-20-17-13-18-9-10-19(14-17)21(18)12-11-15(2)16-7-5-4-6-8-16/h4-8,15,17-20H,3,9-14H2,1-2H3. The highest BCUT2D eigenvalue weighted by Crippen LogP contribution is 2.36. The van der Waals surface area contributed by atoms with Gasteiger partial charge in [-0.1, -0.05) is 44.2 Å². The molecule has 21 heavy (non-hydrogen) atoms. The van der Waals surface area contributed by atoms with Gasteiger partial charge >= 0.3 is 0 Å². The van der Waals surface area contributed by atoms with Crippen molar-refractivity contribution in [1.82, 2.24) is 10.2 Å². The van der Waals surface area contributed by atoms with Crippen LogP contribution < -0.4 is 5.32 Å². The molecule has 1 aromatic rings. The fourth-order valence-corrected chi connectivity index (χ4v) is 4.39. The molecule has 0 aliphatic carbocycles. The van der Waals surface area contributed by atoms with Crippen molar-refractivity contribution in [1.29, 1.82) is 0 Å². The largest absolute Gasteiger partial charge is 0.314 e. The van der Waals surface area contributed by atoms with Crippen LogP contribution in [0.4, 0.5) is 0 Å². The summed E-state index contributed by atoms with van der Waals surface area (Å²) >= 11 is 0. The van der Waals surface area contributed by atoms with Crippen LogP contribution in [-0.2, 0) is 0 Å². The zero-order valence-electron chi connectivity index (χ0n) is 13.6. The van der Waals surface area contributed by atoms with Crippen molar-refractivity contribution in [3.05, 3.63) is 35.9 Å². The molecule has 116 valence electrons. The van der Waals surface area contributed by atoms with E-state index in [1.165, 1.54) is 44.2 Å². The molecule has 0 spiro atoms. The fraction of sp³-hybridized carbons (Fsp3) is 0.684. The molecule has 2 heteroatoms. The molecule has 0 amide bonds. The Balaban J connectivity index is 1.52. The van der Waals surface area contributed by atoms with Gasteiger partial charge < -0.3 is 5.32 Å². The molecule has 2 aliphatic rings. The normalized spacial score (nSPS) is 30.5. The predicted molar refractivity (Wildman–Crippen MR) is 89.7 cm³/mol. The Kier molecular flexibility index (Phi) is 4.97. The summed E-state index contributed by atoms with van der Waals surface area (Å²) in [5.41, 5.74) is 1.49. The molecular weight excluding hydrogens is 256 g/mol. The Morgan fingerprint density at radius 2 is 1.81 bits per heavy atom. The highest BCUT2D eigenvalue weighted by atomic mass is 15.2. The second-order valence-corrected chi connectivity index (χ2v) is 6.95. The van der Waals surface area contributed by atoms with Gasteiger partial charge in [0.2, 0.25) is 0 Å². The Hall–Kier alpha value is -0.860. The van der Waals surface area contributed by atoms with E-state index >= 15 is 0 Å². The highest BCUT2D eigenvalue weighted by Gasteiger charge is 2.39. The number of nitrogens with zero attached hydrogens (tertiary/aromatic N) is 1. The SMILES string of the molecule is CCNC1CC2CCC(C1)N2CCC(C)c1ccccc1. The average molecular weight is 286 g/mol. The molecule has 1 aromatic carbocycles. The Morgan fingerprint density at radius 3 is 2.43 bits per heavy atom. The summed E-state index contributed by atoms with van der Waals surface area (Å²) in [5.74, 6) is 0.678. The van der Waals surface area contributed by atoms with Crippen LogP contribution in [0.1, 0.15) is 57.4 Å². The van der Waals surface area contributed by atoms with Gasteiger partial charge in [0.1, 0.15) is 0 Å². The predicted octanol–water partition coefficient (Wildman–Crippen LogP) is 3.79. The van der Waals surface area contributed by atoms with E-state index in [2.05, 4.69) is 54.4 Å². The van der Waals surface area contributed by atoms with E-state index in [-0.39, 0.29) is 0 Å². The molecule has 2 aliphatic heterocycles. The van der Waals surface area contributed by atoms with Crippen molar-refractivity contribution in [3.8, 4) is 0 Å². The van der Waals surface area contributed by atoms with Gasteiger partial charge in [-0.25, -0.2) is 0 Å².